The molecule has 2 fully saturated rings. The molecule has 0 N–H and O–H groups in total. The van der Waals surface area contributed by atoms with Crippen molar-refractivity contribution in [3.05, 3.63) is 0 Å². The first-order valence-corrected chi connectivity index (χ1v) is 6.36. The highest BCUT2D eigenvalue weighted by atomic mass is 19.1. The van der Waals surface area contributed by atoms with Crippen LogP contribution in [0.5, 0.6) is 0 Å². The van der Waals surface area contributed by atoms with Gasteiger partial charge in [-0.25, -0.2) is 4.39 Å². The third-order valence-corrected chi connectivity index (χ3v) is 3.89. The second kappa shape index (κ2) is 3.91. The summed E-state index contributed by atoms with van der Waals surface area (Å²) in [4.78, 5) is 31.9. The molecule has 3 rings (SSSR count). The molecule has 0 aromatic rings. The lowest BCUT2D eigenvalue weighted by molar-refractivity contribution is -0.137. The van der Waals surface area contributed by atoms with Crippen molar-refractivity contribution in [3.8, 4) is 0 Å². The predicted molar refractivity (Wildman–Crippen MR) is 64.1 cm³/mol. The van der Waals surface area contributed by atoms with E-state index >= 15 is 0 Å². The van der Waals surface area contributed by atoms with Crippen LogP contribution in [0, 0.1) is 5.92 Å². The number of oxime groups is 1. The number of hydrogen-bond acceptors (Lipinski definition) is 4. The van der Waals surface area contributed by atoms with Crippen LogP contribution in [0.2, 0.25) is 0 Å². The maximum Gasteiger partial charge on any atom is 0.271 e. The molecular weight excluding hydrogens is 253 g/mol. The third-order valence-electron chi connectivity index (χ3n) is 3.89. The van der Waals surface area contributed by atoms with Gasteiger partial charge < -0.3 is 14.6 Å². The Morgan fingerprint density at radius 3 is 2.68 bits per heavy atom. The monoisotopic (exact) mass is 269 g/mol. The standard InChI is InChI=1S/C12H16FN3O3/c1-15(2)10(17)9-7-5-16(6-8(7)19-14-9)11(18)12(13)3-4-12/h7-8H,3-6H2,1-2H3/t7-,8+/m0/s1. The number of carbonyl (C=O) groups excluding carboxylic acids is 2. The lowest BCUT2D eigenvalue weighted by Gasteiger charge is -2.19. The average Bonchev–Trinajstić information content (AvgIpc) is 2.83. The minimum absolute atomic E-state index is 0.219. The van der Waals surface area contributed by atoms with Crippen molar-refractivity contribution in [2.24, 2.45) is 11.1 Å². The van der Waals surface area contributed by atoms with Crippen molar-refractivity contribution >= 4 is 17.5 Å². The van der Waals surface area contributed by atoms with Crippen LogP contribution in [-0.4, -0.2) is 66.3 Å². The van der Waals surface area contributed by atoms with E-state index in [0.29, 0.717) is 31.6 Å². The fourth-order valence-electron chi connectivity index (χ4n) is 2.54. The molecule has 0 unspecified atom stereocenters. The van der Waals surface area contributed by atoms with Crippen LogP contribution in [0.25, 0.3) is 0 Å². The molecule has 1 saturated carbocycles. The minimum atomic E-state index is -1.67. The van der Waals surface area contributed by atoms with Crippen molar-refractivity contribution in [1.82, 2.24) is 9.80 Å². The van der Waals surface area contributed by atoms with Crippen molar-refractivity contribution in [2.45, 2.75) is 24.6 Å². The third kappa shape index (κ3) is 1.87. The van der Waals surface area contributed by atoms with Gasteiger partial charge in [0.05, 0.1) is 12.5 Å². The van der Waals surface area contributed by atoms with E-state index in [2.05, 4.69) is 5.16 Å². The fourth-order valence-corrected chi connectivity index (χ4v) is 2.54. The summed E-state index contributed by atoms with van der Waals surface area (Å²) in [5, 5.41) is 3.81. The normalized spacial score (nSPS) is 30.5. The first-order valence-electron chi connectivity index (χ1n) is 6.36. The number of amides is 2. The van der Waals surface area contributed by atoms with Gasteiger partial charge in [0.15, 0.2) is 17.5 Å². The van der Waals surface area contributed by atoms with Gasteiger partial charge >= 0.3 is 0 Å². The molecule has 0 spiro atoms. The van der Waals surface area contributed by atoms with E-state index in [-0.39, 0.29) is 17.9 Å². The van der Waals surface area contributed by atoms with Crippen LogP contribution >= 0.6 is 0 Å². The summed E-state index contributed by atoms with van der Waals surface area (Å²) in [5.41, 5.74) is -1.34. The maximum absolute atomic E-state index is 13.8. The molecule has 0 radical (unpaired) electrons. The number of alkyl halides is 1. The molecule has 104 valence electrons. The van der Waals surface area contributed by atoms with Crippen LogP contribution in [0.1, 0.15) is 12.8 Å². The van der Waals surface area contributed by atoms with Crippen LogP contribution in [0.3, 0.4) is 0 Å². The number of likely N-dealkylation sites (tertiary alicyclic amines) is 1. The lowest BCUT2D eigenvalue weighted by atomic mass is 10.00. The molecule has 2 heterocycles. The van der Waals surface area contributed by atoms with Crippen LogP contribution in [-0.2, 0) is 14.4 Å². The van der Waals surface area contributed by atoms with Crippen molar-refractivity contribution in [1.29, 1.82) is 0 Å². The highest BCUT2D eigenvalue weighted by Crippen LogP contribution is 2.43. The van der Waals surface area contributed by atoms with Crippen LogP contribution in [0.4, 0.5) is 4.39 Å². The largest absolute Gasteiger partial charge is 0.389 e. The number of fused-ring (bicyclic) bond motifs is 1. The van der Waals surface area contributed by atoms with Crippen LogP contribution < -0.4 is 0 Å². The number of carbonyl (C=O) groups is 2. The molecule has 1 aliphatic carbocycles. The molecule has 0 aromatic carbocycles. The van der Waals surface area contributed by atoms with Gasteiger partial charge in [-0.1, -0.05) is 5.16 Å². The molecule has 0 bridgehead atoms. The van der Waals surface area contributed by atoms with Gasteiger partial charge in [0, 0.05) is 20.6 Å². The Hall–Kier alpha value is -1.66. The molecule has 1 saturated heterocycles. The second-order valence-corrected chi connectivity index (χ2v) is 5.60. The fraction of sp³-hybridized carbons (Fsp3) is 0.750. The minimum Gasteiger partial charge on any atom is -0.389 e. The zero-order valence-corrected chi connectivity index (χ0v) is 10.9. The van der Waals surface area contributed by atoms with Gasteiger partial charge in [0.25, 0.3) is 11.8 Å². The molecule has 6 nitrogen and oxygen atoms in total. The van der Waals surface area contributed by atoms with E-state index in [1.54, 1.807) is 14.1 Å². The predicted octanol–water partition coefficient (Wildman–Crippen LogP) is -0.210. The van der Waals surface area contributed by atoms with Crippen molar-refractivity contribution in [3.63, 3.8) is 0 Å². The molecule has 7 heteroatoms. The summed E-state index contributed by atoms with van der Waals surface area (Å²) in [6, 6.07) is 0. The summed E-state index contributed by atoms with van der Waals surface area (Å²) in [7, 11) is 3.27. The van der Waals surface area contributed by atoms with E-state index in [1.807, 2.05) is 0 Å². The summed E-state index contributed by atoms with van der Waals surface area (Å²) in [6.07, 6.45) is 0.289. The highest BCUT2D eigenvalue weighted by Gasteiger charge is 2.56. The molecule has 3 aliphatic rings. The number of nitrogens with zero attached hydrogens (tertiary/aromatic N) is 3. The van der Waals surface area contributed by atoms with Gasteiger partial charge in [0.1, 0.15) is 0 Å². The van der Waals surface area contributed by atoms with Crippen LogP contribution in [0.15, 0.2) is 5.16 Å². The van der Waals surface area contributed by atoms with E-state index < -0.39 is 11.6 Å². The number of rotatable bonds is 2. The molecule has 2 atom stereocenters. The SMILES string of the molecule is CN(C)C(=O)C1=NO[C@@H]2CN(C(=O)C3(F)CC3)C[C@H]12. The topological polar surface area (TPSA) is 62.2 Å². The Labute approximate surface area is 110 Å². The van der Waals surface area contributed by atoms with Gasteiger partial charge in [0.2, 0.25) is 0 Å². The molecular formula is C12H16FN3O3. The zero-order valence-electron chi connectivity index (χ0n) is 10.9. The summed E-state index contributed by atoms with van der Waals surface area (Å²) < 4.78 is 13.8. The van der Waals surface area contributed by atoms with E-state index in [0.717, 1.165) is 0 Å². The summed E-state index contributed by atoms with van der Waals surface area (Å²) >= 11 is 0. The Morgan fingerprint density at radius 2 is 2.11 bits per heavy atom. The molecule has 0 aromatic heterocycles. The Bertz CT molecular complexity index is 473. The number of hydrogen-bond donors (Lipinski definition) is 0. The van der Waals surface area contributed by atoms with Crippen molar-refractivity contribution < 1.29 is 18.8 Å². The first kappa shape index (κ1) is 12.4. The Morgan fingerprint density at radius 1 is 1.42 bits per heavy atom. The van der Waals surface area contributed by atoms with E-state index in [9.17, 15) is 14.0 Å². The van der Waals surface area contributed by atoms with Gasteiger partial charge in [-0.05, 0) is 12.8 Å². The summed E-state index contributed by atoms with van der Waals surface area (Å²) in [5.74, 6) is -0.925. The van der Waals surface area contributed by atoms with Crippen molar-refractivity contribution in [2.75, 3.05) is 27.2 Å². The highest BCUT2D eigenvalue weighted by molar-refractivity contribution is 6.40. The number of halogens is 1. The second-order valence-electron chi connectivity index (χ2n) is 5.60. The quantitative estimate of drug-likeness (QED) is 0.697. The van der Waals surface area contributed by atoms with Gasteiger partial charge in [-0.3, -0.25) is 9.59 Å². The Kier molecular flexibility index (Phi) is 2.55. The smallest absolute Gasteiger partial charge is 0.271 e. The lowest BCUT2D eigenvalue weighted by Crippen LogP contribution is -2.39. The van der Waals surface area contributed by atoms with Gasteiger partial charge in [-0.15, -0.1) is 0 Å². The first-order chi connectivity index (χ1) is 8.92. The zero-order chi connectivity index (χ0) is 13.8. The molecule has 19 heavy (non-hydrogen) atoms. The summed E-state index contributed by atoms with van der Waals surface area (Å²) in [6.45, 7) is 0.621. The van der Waals surface area contributed by atoms with E-state index in [1.165, 1.54) is 9.80 Å². The maximum atomic E-state index is 13.8. The average molecular weight is 269 g/mol. The van der Waals surface area contributed by atoms with E-state index in [4.69, 9.17) is 4.84 Å². The van der Waals surface area contributed by atoms with Gasteiger partial charge in [-0.2, -0.15) is 0 Å². The molecule has 2 amide bonds. The Balaban J connectivity index is 1.71. The molecule has 2 aliphatic heterocycles.